The van der Waals surface area contributed by atoms with Crippen LogP contribution in [0.3, 0.4) is 0 Å². The molecule has 2 fully saturated rings. The van der Waals surface area contributed by atoms with Gasteiger partial charge in [0.15, 0.2) is 0 Å². The lowest BCUT2D eigenvalue weighted by Crippen LogP contribution is -2.41. The molecule has 0 spiro atoms. The number of benzene rings is 1. The van der Waals surface area contributed by atoms with Gasteiger partial charge in [-0.05, 0) is 43.6 Å². The number of carbonyl (C=O) groups is 2. The van der Waals surface area contributed by atoms with Gasteiger partial charge in [0.1, 0.15) is 0 Å². The molecule has 1 saturated heterocycles. The van der Waals surface area contributed by atoms with Crippen LogP contribution in [-0.4, -0.2) is 47.3 Å². The Labute approximate surface area is 144 Å². The molecule has 0 bridgehead atoms. The molecule has 1 saturated carbocycles. The van der Waals surface area contributed by atoms with Crippen molar-refractivity contribution in [3.8, 4) is 0 Å². The number of hydrogen-bond acceptors (Lipinski definition) is 2. The van der Waals surface area contributed by atoms with Crippen LogP contribution >= 0.6 is 0 Å². The predicted octanol–water partition coefficient (Wildman–Crippen LogP) is 2.87. The molecule has 130 valence electrons. The Bertz CT molecular complexity index is 560. The monoisotopic (exact) mass is 328 g/mol. The lowest BCUT2D eigenvalue weighted by Gasteiger charge is -2.32. The van der Waals surface area contributed by atoms with E-state index in [1.165, 1.54) is 5.56 Å². The Morgan fingerprint density at radius 2 is 1.75 bits per heavy atom. The van der Waals surface area contributed by atoms with Crippen LogP contribution < -0.4 is 0 Å². The van der Waals surface area contributed by atoms with E-state index in [0.29, 0.717) is 24.9 Å². The fourth-order valence-corrected chi connectivity index (χ4v) is 3.69. The second-order valence-corrected chi connectivity index (χ2v) is 7.21. The lowest BCUT2D eigenvalue weighted by molar-refractivity contribution is -0.134. The maximum absolute atomic E-state index is 12.4. The summed E-state index contributed by atoms with van der Waals surface area (Å²) in [6.07, 6.45) is 5.94. The van der Waals surface area contributed by atoms with Crippen molar-refractivity contribution in [3.05, 3.63) is 35.9 Å². The van der Waals surface area contributed by atoms with E-state index in [1.54, 1.807) is 6.92 Å². The van der Waals surface area contributed by atoms with E-state index in [1.807, 2.05) is 9.80 Å². The first-order chi connectivity index (χ1) is 11.6. The van der Waals surface area contributed by atoms with Gasteiger partial charge in [0, 0.05) is 39.0 Å². The van der Waals surface area contributed by atoms with E-state index >= 15 is 0 Å². The summed E-state index contributed by atoms with van der Waals surface area (Å²) < 4.78 is 0. The largest absolute Gasteiger partial charge is 0.343 e. The minimum atomic E-state index is 0.104. The Balaban J connectivity index is 1.41. The van der Waals surface area contributed by atoms with Gasteiger partial charge in [-0.1, -0.05) is 30.3 Å². The molecule has 1 aliphatic heterocycles. The van der Waals surface area contributed by atoms with Gasteiger partial charge in [-0.3, -0.25) is 9.59 Å². The van der Waals surface area contributed by atoms with E-state index in [0.717, 1.165) is 45.2 Å². The Hall–Kier alpha value is -1.84. The maximum Gasteiger partial charge on any atom is 0.224 e. The molecule has 4 heteroatoms. The molecule has 2 aliphatic rings. The van der Waals surface area contributed by atoms with Gasteiger partial charge in [0.05, 0.1) is 0 Å². The number of likely N-dealkylation sites (tertiary alicyclic amines) is 1. The van der Waals surface area contributed by atoms with Crippen molar-refractivity contribution >= 4 is 11.8 Å². The van der Waals surface area contributed by atoms with Crippen LogP contribution in [0.4, 0.5) is 0 Å². The highest BCUT2D eigenvalue weighted by Crippen LogP contribution is 2.27. The number of nitrogens with zero attached hydrogens (tertiary/aromatic N) is 2. The second-order valence-electron chi connectivity index (χ2n) is 7.21. The van der Waals surface area contributed by atoms with E-state index < -0.39 is 0 Å². The zero-order chi connectivity index (χ0) is 16.9. The average molecular weight is 328 g/mol. The molecule has 0 atom stereocenters. The minimum absolute atomic E-state index is 0.104. The van der Waals surface area contributed by atoms with Gasteiger partial charge in [0.2, 0.25) is 11.8 Å². The van der Waals surface area contributed by atoms with Crippen LogP contribution in [0.15, 0.2) is 30.3 Å². The summed E-state index contributed by atoms with van der Waals surface area (Å²) >= 11 is 0. The van der Waals surface area contributed by atoms with Crippen molar-refractivity contribution < 1.29 is 9.59 Å². The Kier molecular flexibility index (Phi) is 5.54. The van der Waals surface area contributed by atoms with E-state index in [4.69, 9.17) is 0 Å². The predicted molar refractivity (Wildman–Crippen MR) is 94.5 cm³/mol. The first kappa shape index (κ1) is 17.0. The van der Waals surface area contributed by atoms with E-state index in [9.17, 15) is 9.59 Å². The maximum atomic E-state index is 12.4. The van der Waals surface area contributed by atoms with Crippen molar-refractivity contribution in [1.29, 1.82) is 0 Å². The summed E-state index contributed by atoms with van der Waals surface area (Å²) in [5, 5.41) is 0. The van der Waals surface area contributed by atoms with Gasteiger partial charge in [-0.2, -0.15) is 0 Å². The number of piperidine rings is 1. The number of hydrogen-bond donors (Lipinski definition) is 0. The van der Waals surface area contributed by atoms with Crippen LogP contribution in [0.25, 0.3) is 0 Å². The van der Waals surface area contributed by atoms with Gasteiger partial charge in [-0.25, -0.2) is 0 Å². The standard InChI is InChI=1S/C20H28N2O2/c1-16(23)22(19-7-8-19)14-11-20(24)21-12-9-18(10-13-21)15-17-5-3-2-4-6-17/h2-6,18-19H,7-15H2,1H3. The molecule has 24 heavy (non-hydrogen) atoms. The smallest absolute Gasteiger partial charge is 0.224 e. The zero-order valence-corrected chi connectivity index (χ0v) is 14.6. The second kappa shape index (κ2) is 7.82. The molecule has 1 aliphatic carbocycles. The van der Waals surface area contributed by atoms with Crippen LogP contribution in [-0.2, 0) is 16.0 Å². The molecular weight excluding hydrogens is 300 g/mol. The van der Waals surface area contributed by atoms with Crippen LogP contribution in [0, 0.1) is 5.92 Å². The fourth-order valence-electron chi connectivity index (χ4n) is 3.69. The third kappa shape index (κ3) is 4.59. The molecular formula is C20H28N2O2. The summed E-state index contributed by atoms with van der Waals surface area (Å²) in [6, 6.07) is 11.0. The molecule has 1 aromatic rings. The first-order valence-corrected chi connectivity index (χ1v) is 9.22. The van der Waals surface area contributed by atoms with Crippen LogP contribution in [0.2, 0.25) is 0 Å². The SMILES string of the molecule is CC(=O)N(CCC(=O)N1CCC(Cc2ccccc2)CC1)C1CC1. The van der Waals surface area contributed by atoms with E-state index in [-0.39, 0.29) is 11.8 Å². The molecule has 0 radical (unpaired) electrons. The summed E-state index contributed by atoms with van der Waals surface area (Å²) in [6.45, 7) is 3.92. The quantitative estimate of drug-likeness (QED) is 0.806. The number of carbonyl (C=O) groups excluding carboxylic acids is 2. The molecule has 3 rings (SSSR count). The van der Waals surface area contributed by atoms with Crippen LogP contribution in [0.5, 0.6) is 0 Å². The topological polar surface area (TPSA) is 40.6 Å². The Morgan fingerprint density at radius 3 is 2.33 bits per heavy atom. The average Bonchev–Trinajstić information content (AvgIpc) is 3.41. The normalized spacial score (nSPS) is 18.5. The number of rotatable bonds is 6. The molecule has 1 heterocycles. The fraction of sp³-hybridized carbons (Fsp3) is 0.600. The molecule has 0 aromatic heterocycles. The van der Waals surface area contributed by atoms with Crippen molar-refractivity contribution in [2.75, 3.05) is 19.6 Å². The van der Waals surface area contributed by atoms with E-state index in [2.05, 4.69) is 30.3 Å². The van der Waals surface area contributed by atoms with Crippen LogP contribution in [0.1, 0.15) is 44.6 Å². The van der Waals surface area contributed by atoms with Crippen molar-refractivity contribution in [2.24, 2.45) is 5.92 Å². The van der Waals surface area contributed by atoms with Crippen molar-refractivity contribution in [3.63, 3.8) is 0 Å². The highest BCUT2D eigenvalue weighted by Gasteiger charge is 2.31. The first-order valence-electron chi connectivity index (χ1n) is 9.22. The molecule has 0 N–H and O–H groups in total. The van der Waals surface area contributed by atoms with Crippen molar-refractivity contribution in [2.45, 2.75) is 51.5 Å². The lowest BCUT2D eigenvalue weighted by atomic mass is 9.90. The highest BCUT2D eigenvalue weighted by atomic mass is 16.2. The van der Waals surface area contributed by atoms with Gasteiger partial charge in [0.25, 0.3) is 0 Å². The van der Waals surface area contributed by atoms with Gasteiger partial charge >= 0.3 is 0 Å². The molecule has 4 nitrogen and oxygen atoms in total. The summed E-state index contributed by atoms with van der Waals surface area (Å²) in [5.41, 5.74) is 1.39. The zero-order valence-electron chi connectivity index (χ0n) is 14.6. The summed E-state index contributed by atoms with van der Waals surface area (Å²) in [5.74, 6) is 0.989. The summed E-state index contributed by atoms with van der Waals surface area (Å²) in [4.78, 5) is 27.9. The number of amides is 2. The molecule has 0 unspecified atom stereocenters. The highest BCUT2D eigenvalue weighted by molar-refractivity contribution is 5.78. The third-order valence-electron chi connectivity index (χ3n) is 5.29. The minimum Gasteiger partial charge on any atom is -0.343 e. The van der Waals surface area contributed by atoms with Gasteiger partial charge in [-0.15, -0.1) is 0 Å². The van der Waals surface area contributed by atoms with Crippen molar-refractivity contribution in [1.82, 2.24) is 9.80 Å². The van der Waals surface area contributed by atoms with Gasteiger partial charge < -0.3 is 9.80 Å². The molecule has 1 aromatic carbocycles. The Morgan fingerprint density at radius 1 is 1.08 bits per heavy atom. The third-order valence-corrected chi connectivity index (χ3v) is 5.29. The molecule has 2 amide bonds. The summed E-state index contributed by atoms with van der Waals surface area (Å²) in [7, 11) is 0.